The van der Waals surface area contributed by atoms with Crippen molar-refractivity contribution in [2.45, 2.75) is 25.7 Å². The van der Waals surface area contributed by atoms with Crippen molar-refractivity contribution in [3.05, 3.63) is 33.8 Å². The van der Waals surface area contributed by atoms with E-state index in [9.17, 15) is 30.0 Å². The lowest BCUT2D eigenvalue weighted by atomic mass is 9.79. The van der Waals surface area contributed by atoms with Crippen molar-refractivity contribution in [2.24, 2.45) is 5.92 Å². The van der Waals surface area contributed by atoms with Crippen LogP contribution in [0.4, 0.5) is 5.69 Å². The number of ether oxygens (including phenoxy) is 1. The van der Waals surface area contributed by atoms with Crippen LogP contribution in [0.1, 0.15) is 34.3 Å². The Bertz CT molecular complexity index is 990. The van der Waals surface area contributed by atoms with Crippen LogP contribution in [0.2, 0.25) is 5.02 Å². The Hall–Kier alpha value is -3.13. The van der Waals surface area contributed by atoms with Crippen molar-refractivity contribution >= 4 is 29.5 Å². The molecule has 2 aromatic rings. The zero-order chi connectivity index (χ0) is 21.3. The number of phenolic OH excluding ortho intramolecular Hbond substituents is 4. The van der Waals surface area contributed by atoms with Crippen molar-refractivity contribution in [1.82, 2.24) is 0 Å². The highest BCUT2D eigenvalue weighted by Gasteiger charge is 2.33. The van der Waals surface area contributed by atoms with Crippen molar-refractivity contribution < 1.29 is 34.8 Å². The summed E-state index contributed by atoms with van der Waals surface area (Å²) in [5, 5.41) is 42.8. The molecule has 2 aromatic carbocycles. The van der Waals surface area contributed by atoms with Gasteiger partial charge in [-0.15, -0.1) is 0 Å². The molecule has 1 amide bonds. The average Bonchev–Trinajstić information content (AvgIpc) is 2.68. The number of hydrogen-bond acceptors (Lipinski definition) is 7. The van der Waals surface area contributed by atoms with E-state index in [1.165, 1.54) is 13.2 Å². The van der Waals surface area contributed by atoms with Crippen LogP contribution in [0.5, 0.6) is 28.7 Å². The van der Waals surface area contributed by atoms with Crippen LogP contribution >= 0.6 is 11.6 Å². The number of carbonyl (C=O) groups excluding carboxylic acids is 2. The maximum atomic E-state index is 12.9. The van der Waals surface area contributed by atoms with E-state index in [2.05, 4.69) is 5.32 Å². The SMILES string of the molecule is COc1c(O)cc(NC=O)c(O)c1CCC1CCc2c(Cl)c(O)cc(O)c2C1=O. The maximum absolute atomic E-state index is 12.9. The molecule has 0 aromatic heterocycles. The number of rotatable bonds is 6. The summed E-state index contributed by atoms with van der Waals surface area (Å²) in [5.74, 6) is -1.85. The van der Waals surface area contributed by atoms with Crippen LogP contribution in [0.15, 0.2) is 12.1 Å². The molecule has 29 heavy (non-hydrogen) atoms. The fourth-order valence-electron chi connectivity index (χ4n) is 3.77. The number of aromatic hydroxyl groups is 4. The quantitative estimate of drug-likeness (QED) is 0.274. The Labute approximate surface area is 171 Å². The molecule has 9 heteroatoms. The van der Waals surface area contributed by atoms with Gasteiger partial charge in [-0.25, -0.2) is 0 Å². The van der Waals surface area contributed by atoms with Gasteiger partial charge in [0.1, 0.15) is 17.2 Å². The van der Waals surface area contributed by atoms with Gasteiger partial charge in [0.05, 0.1) is 23.4 Å². The first-order valence-electron chi connectivity index (χ1n) is 8.89. The largest absolute Gasteiger partial charge is 0.507 e. The first-order valence-corrected chi connectivity index (χ1v) is 9.27. The lowest BCUT2D eigenvalue weighted by Crippen LogP contribution is -2.23. The summed E-state index contributed by atoms with van der Waals surface area (Å²) in [6.45, 7) is 0. The summed E-state index contributed by atoms with van der Waals surface area (Å²) < 4.78 is 5.16. The Morgan fingerprint density at radius 3 is 2.59 bits per heavy atom. The number of phenols is 4. The minimum atomic E-state index is -0.469. The highest BCUT2D eigenvalue weighted by Crippen LogP contribution is 2.45. The van der Waals surface area contributed by atoms with Crippen molar-refractivity contribution in [3.63, 3.8) is 0 Å². The molecule has 3 rings (SSSR count). The molecule has 154 valence electrons. The molecule has 0 radical (unpaired) electrons. The number of nitrogens with one attached hydrogen (secondary N) is 1. The standard InChI is InChI=1S/C20H20ClNO7/c1-29-20-11(19(28)12(22-8-23)6-15(20)26)5-3-9-2-4-10-16(18(9)27)13(24)7-14(25)17(10)21/h6-9,24-26,28H,2-5H2,1H3,(H,22,23). The summed E-state index contributed by atoms with van der Waals surface area (Å²) in [5.41, 5.74) is 0.789. The van der Waals surface area contributed by atoms with Crippen LogP contribution in [0.3, 0.4) is 0 Å². The van der Waals surface area contributed by atoms with Gasteiger partial charge in [0.25, 0.3) is 0 Å². The lowest BCUT2D eigenvalue weighted by molar-refractivity contribution is -0.105. The van der Waals surface area contributed by atoms with E-state index in [1.54, 1.807) is 0 Å². The van der Waals surface area contributed by atoms with E-state index in [-0.39, 0.29) is 62.8 Å². The second-order valence-corrected chi connectivity index (χ2v) is 7.16. The molecule has 5 N–H and O–H groups in total. The van der Waals surface area contributed by atoms with Gasteiger partial charge in [0, 0.05) is 23.6 Å². The number of methoxy groups -OCH3 is 1. The monoisotopic (exact) mass is 421 g/mol. The molecule has 8 nitrogen and oxygen atoms in total. The minimum Gasteiger partial charge on any atom is -0.507 e. The minimum absolute atomic E-state index is 0.0218. The second kappa shape index (κ2) is 8.08. The zero-order valence-corrected chi connectivity index (χ0v) is 16.3. The number of fused-ring (bicyclic) bond motifs is 1. The van der Waals surface area contributed by atoms with Gasteiger partial charge in [-0.05, 0) is 31.2 Å². The first kappa shape index (κ1) is 20.6. The van der Waals surface area contributed by atoms with E-state index in [0.29, 0.717) is 31.2 Å². The fourth-order valence-corrected chi connectivity index (χ4v) is 4.01. The molecule has 0 saturated heterocycles. The molecule has 0 bridgehead atoms. The molecule has 1 atom stereocenters. The number of halogens is 1. The van der Waals surface area contributed by atoms with Crippen LogP contribution in [-0.2, 0) is 17.6 Å². The third-order valence-corrected chi connectivity index (χ3v) is 5.59. The second-order valence-electron chi connectivity index (χ2n) is 6.79. The number of ketones is 1. The molecule has 0 fully saturated rings. The predicted octanol–water partition coefficient (Wildman–Crippen LogP) is 3.12. The third-order valence-electron chi connectivity index (χ3n) is 5.17. The fraction of sp³-hybridized carbons (Fsp3) is 0.300. The zero-order valence-electron chi connectivity index (χ0n) is 15.5. The Kier molecular flexibility index (Phi) is 5.74. The van der Waals surface area contributed by atoms with E-state index in [1.807, 2.05) is 0 Å². The molecule has 0 saturated carbocycles. The number of anilines is 1. The molecule has 0 aliphatic heterocycles. The molecular formula is C20H20ClNO7. The van der Waals surface area contributed by atoms with Crippen LogP contribution in [-0.4, -0.2) is 39.7 Å². The van der Waals surface area contributed by atoms with Crippen molar-refractivity contribution in [2.75, 3.05) is 12.4 Å². The highest BCUT2D eigenvalue weighted by atomic mass is 35.5. The normalized spacial score (nSPS) is 15.7. The van der Waals surface area contributed by atoms with Gasteiger partial charge >= 0.3 is 0 Å². The van der Waals surface area contributed by atoms with Gasteiger partial charge in [-0.1, -0.05) is 11.6 Å². The first-order chi connectivity index (χ1) is 13.8. The number of Topliss-reactive ketones (excluding diaryl/α,β-unsaturated/α-hetero) is 1. The number of benzene rings is 2. The van der Waals surface area contributed by atoms with E-state index in [0.717, 1.165) is 6.07 Å². The average molecular weight is 422 g/mol. The summed E-state index contributed by atoms with van der Waals surface area (Å²) in [7, 11) is 1.33. The van der Waals surface area contributed by atoms with E-state index in [4.69, 9.17) is 16.3 Å². The Balaban J connectivity index is 1.89. The van der Waals surface area contributed by atoms with Crippen molar-refractivity contribution in [1.29, 1.82) is 0 Å². The van der Waals surface area contributed by atoms with Crippen LogP contribution in [0.25, 0.3) is 0 Å². The van der Waals surface area contributed by atoms with Gasteiger partial charge in [-0.2, -0.15) is 0 Å². The van der Waals surface area contributed by atoms with Gasteiger partial charge < -0.3 is 30.5 Å². The Morgan fingerprint density at radius 2 is 1.93 bits per heavy atom. The van der Waals surface area contributed by atoms with Crippen LogP contribution < -0.4 is 10.1 Å². The third kappa shape index (κ3) is 3.63. The molecule has 1 aliphatic carbocycles. The van der Waals surface area contributed by atoms with Crippen LogP contribution in [0, 0.1) is 5.92 Å². The summed E-state index contributed by atoms with van der Waals surface area (Å²) in [6.07, 6.45) is 1.68. The van der Waals surface area contributed by atoms with Gasteiger partial charge in [0.15, 0.2) is 17.3 Å². The molecule has 1 unspecified atom stereocenters. The van der Waals surface area contributed by atoms with E-state index >= 15 is 0 Å². The van der Waals surface area contributed by atoms with Crippen molar-refractivity contribution in [3.8, 4) is 28.7 Å². The summed E-state index contributed by atoms with van der Waals surface area (Å²) in [6, 6.07) is 2.21. The molecule has 0 spiro atoms. The molecule has 1 aliphatic rings. The summed E-state index contributed by atoms with van der Waals surface area (Å²) >= 11 is 6.07. The predicted molar refractivity (Wildman–Crippen MR) is 105 cm³/mol. The molecule has 0 heterocycles. The Morgan fingerprint density at radius 1 is 1.21 bits per heavy atom. The maximum Gasteiger partial charge on any atom is 0.211 e. The van der Waals surface area contributed by atoms with E-state index < -0.39 is 5.92 Å². The summed E-state index contributed by atoms with van der Waals surface area (Å²) in [4.78, 5) is 23.6. The van der Waals surface area contributed by atoms with Gasteiger partial charge in [0.2, 0.25) is 6.41 Å². The topological polar surface area (TPSA) is 136 Å². The van der Waals surface area contributed by atoms with Gasteiger partial charge in [-0.3, -0.25) is 9.59 Å². The smallest absolute Gasteiger partial charge is 0.211 e. The number of hydrogen-bond donors (Lipinski definition) is 5. The number of amides is 1. The lowest BCUT2D eigenvalue weighted by Gasteiger charge is -2.25. The highest BCUT2D eigenvalue weighted by molar-refractivity contribution is 6.33. The number of carbonyl (C=O) groups is 2. The molecular weight excluding hydrogens is 402 g/mol.